The highest BCUT2D eigenvalue weighted by Crippen LogP contribution is 2.37. The van der Waals surface area contributed by atoms with Crippen molar-refractivity contribution < 1.29 is 18.9 Å². The lowest BCUT2D eigenvalue weighted by Gasteiger charge is -2.12. The SMILES string of the molecule is CCOc1ccc(N=Cc2cc(OC)c(OC)c(OC)c2)cc1. The molecule has 2 aromatic rings. The van der Waals surface area contributed by atoms with Gasteiger partial charge in [0.05, 0.1) is 33.6 Å². The van der Waals surface area contributed by atoms with Crippen molar-refractivity contribution in [3.05, 3.63) is 42.0 Å². The van der Waals surface area contributed by atoms with Crippen molar-refractivity contribution >= 4 is 11.9 Å². The van der Waals surface area contributed by atoms with Crippen molar-refractivity contribution in [2.75, 3.05) is 27.9 Å². The van der Waals surface area contributed by atoms with Gasteiger partial charge in [0.2, 0.25) is 5.75 Å². The largest absolute Gasteiger partial charge is 0.494 e. The van der Waals surface area contributed by atoms with E-state index in [0.29, 0.717) is 23.9 Å². The highest BCUT2D eigenvalue weighted by Gasteiger charge is 2.12. The van der Waals surface area contributed by atoms with E-state index in [0.717, 1.165) is 17.0 Å². The lowest BCUT2D eigenvalue weighted by molar-refractivity contribution is 0.324. The molecule has 0 radical (unpaired) electrons. The van der Waals surface area contributed by atoms with Crippen LogP contribution in [0.3, 0.4) is 0 Å². The van der Waals surface area contributed by atoms with Crippen LogP contribution >= 0.6 is 0 Å². The van der Waals surface area contributed by atoms with Crippen molar-refractivity contribution in [1.29, 1.82) is 0 Å². The van der Waals surface area contributed by atoms with Crippen molar-refractivity contribution in [2.45, 2.75) is 6.92 Å². The number of hydrogen-bond donors (Lipinski definition) is 0. The predicted molar refractivity (Wildman–Crippen MR) is 91.0 cm³/mol. The summed E-state index contributed by atoms with van der Waals surface area (Å²) in [6, 6.07) is 11.3. The van der Waals surface area contributed by atoms with Gasteiger partial charge in [0, 0.05) is 11.8 Å². The van der Waals surface area contributed by atoms with Crippen LogP contribution in [-0.2, 0) is 0 Å². The Labute approximate surface area is 136 Å². The zero-order chi connectivity index (χ0) is 16.7. The Morgan fingerprint density at radius 2 is 1.52 bits per heavy atom. The molecular weight excluding hydrogens is 294 g/mol. The van der Waals surface area contributed by atoms with Crippen molar-refractivity contribution in [3.63, 3.8) is 0 Å². The number of rotatable bonds is 7. The van der Waals surface area contributed by atoms with Crippen LogP contribution in [0.1, 0.15) is 12.5 Å². The number of nitrogens with zero attached hydrogens (tertiary/aromatic N) is 1. The maximum Gasteiger partial charge on any atom is 0.203 e. The van der Waals surface area contributed by atoms with E-state index in [9.17, 15) is 0 Å². The number of benzene rings is 2. The summed E-state index contributed by atoms with van der Waals surface area (Å²) in [6.45, 7) is 2.60. The van der Waals surface area contributed by atoms with Gasteiger partial charge >= 0.3 is 0 Å². The third-order valence-electron chi connectivity index (χ3n) is 3.20. The van der Waals surface area contributed by atoms with Gasteiger partial charge in [-0.3, -0.25) is 4.99 Å². The number of methoxy groups -OCH3 is 3. The summed E-state index contributed by atoms with van der Waals surface area (Å²) in [4.78, 5) is 4.45. The molecule has 2 rings (SSSR count). The Morgan fingerprint density at radius 3 is 2.00 bits per heavy atom. The molecule has 5 nitrogen and oxygen atoms in total. The first-order chi connectivity index (χ1) is 11.2. The second-order valence-corrected chi connectivity index (χ2v) is 4.64. The molecule has 0 aliphatic heterocycles. The van der Waals surface area contributed by atoms with Crippen molar-refractivity contribution in [2.24, 2.45) is 4.99 Å². The molecule has 5 heteroatoms. The summed E-state index contributed by atoms with van der Waals surface area (Å²) < 4.78 is 21.4. The van der Waals surface area contributed by atoms with E-state index in [4.69, 9.17) is 18.9 Å². The molecule has 0 spiro atoms. The summed E-state index contributed by atoms with van der Waals surface area (Å²) in [7, 11) is 4.75. The van der Waals surface area contributed by atoms with Crippen LogP contribution in [0.25, 0.3) is 0 Å². The predicted octanol–water partition coefficient (Wildman–Crippen LogP) is 3.86. The molecule has 0 saturated carbocycles. The maximum absolute atomic E-state index is 5.41. The van der Waals surface area contributed by atoms with Gasteiger partial charge in [-0.2, -0.15) is 0 Å². The van der Waals surface area contributed by atoms with Crippen molar-refractivity contribution in [1.82, 2.24) is 0 Å². The van der Waals surface area contributed by atoms with Crippen LogP contribution in [0.5, 0.6) is 23.0 Å². The minimum Gasteiger partial charge on any atom is -0.494 e. The van der Waals surface area contributed by atoms with Gasteiger partial charge < -0.3 is 18.9 Å². The van der Waals surface area contributed by atoms with E-state index in [1.54, 1.807) is 27.5 Å². The van der Waals surface area contributed by atoms with Crippen LogP contribution in [0.2, 0.25) is 0 Å². The quantitative estimate of drug-likeness (QED) is 0.728. The second-order valence-electron chi connectivity index (χ2n) is 4.64. The number of hydrogen-bond acceptors (Lipinski definition) is 5. The highest BCUT2D eigenvalue weighted by atomic mass is 16.5. The van der Waals surface area contributed by atoms with Gasteiger partial charge in [-0.15, -0.1) is 0 Å². The zero-order valence-electron chi connectivity index (χ0n) is 13.8. The Kier molecular flexibility index (Phi) is 5.86. The maximum atomic E-state index is 5.41. The standard InChI is InChI=1S/C18H21NO4/c1-5-23-15-8-6-14(7-9-15)19-12-13-10-16(20-2)18(22-4)17(11-13)21-3/h6-12H,5H2,1-4H3. The Balaban J connectivity index is 2.24. The molecule has 0 atom stereocenters. The molecule has 0 aliphatic carbocycles. The fourth-order valence-corrected chi connectivity index (χ4v) is 2.12. The Bertz CT molecular complexity index is 640. The van der Waals surface area contributed by atoms with E-state index < -0.39 is 0 Å². The highest BCUT2D eigenvalue weighted by molar-refractivity contribution is 5.84. The summed E-state index contributed by atoms with van der Waals surface area (Å²) >= 11 is 0. The molecule has 0 heterocycles. The average molecular weight is 315 g/mol. The minimum atomic E-state index is 0.563. The fraction of sp³-hybridized carbons (Fsp3) is 0.278. The summed E-state index contributed by atoms with van der Waals surface area (Å²) in [6.07, 6.45) is 1.75. The van der Waals surface area contributed by atoms with Gasteiger partial charge in [0.1, 0.15) is 5.75 Å². The molecular formula is C18H21NO4. The third-order valence-corrected chi connectivity index (χ3v) is 3.20. The van der Waals surface area contributed by atoms with Crippen LogP contribution < -0.4 is 18.9 Å². The van der Waals surface area contributed by atoms with E-state index in [2.05, 4.69) is 4.99 Å². The number of aliphatic imine (C=N–C) groups is 1. The molecule has 0 fully saturated rings. The molecule has 122 valence electrons. The van der Waals surface area contributed by atoms with Gasteiger partial charge in [-0.25, -0.2) is 0 Å². The molecule has 0 N–H and O–H groups in total. The van der Waals surface area contributed by atoms with Crippen LogP contribution in [0, 0.1) is 0 Å². The Hall–Kier alpha value is -2.69. The second kappa shape index (κ2) is 8.08. The summed E-state index contributed by atoms with van der Waals surface area (Å²) in [5.41, 5.74) is 1.69. The van der Waals surface area contributed by atoms with Gasteiger partial charge in [-0.1, -0.05) is 0 Å². The van der Waals surface area contributed by atoms with Gasteiger partial charge in [0.15, 0.2) is 11.5 Å². The molecule has 0 unspecified atom stereocenters. The molecule has 0 bridgehead atoms. The van der Waals surface area contributed by atoms with Crippen LogP contribution in [0.4, 0.5) is 5.69 Å². The van der Waals surface area contributed by atoms with Gasteiger partial charge in [0.25, 0.3) is 0 Å². The van der Waals surface area contributed by atoms with Gasteiger partial charge in [-0.05, 0) is 43.3 Å². The lowest BCUT2D eigenvalue weighted by Crippen LogP contribution is -1.96. The summed E-state index contributed by atoms with van der Waals surface area (Å²) in [5, 5.41) is 0. The molecule has 0 amide bonds. The normalized spacial score (nSPS) is 10.6. The zero-order valence-corrected chi connectivity index (χ0v) is 13.8. The lowest BCUT2D eigenvalue weighted by atomic mass is 10.2. The third kappa shape index (κ3) is 4.16. The number of ether oxygens (including phenoxy) is 4. The van der Waals surface area contributed by atoms with E-state index in [-0.39, 0.29) is 0 Å². The Morgan fingerprint density at radius 1 is 0.913 bits per heavy atom. The first-order valence-corrected chi connectivity index (χ1v) is 7.28. The molecule has 0 aliphatic rings. The van der Waals surface area contributed by atoms with E-state index >= 15 is 0 Å². The van der Waals surface area contributed by atoms with E-state index in [1.165, 1.54) is 0 Å². The van der Waals surface area contributed by atoms with Crippen LogP contribution in [-0.4, -0.2) is 34.2 Å². The van der Waals surface area contributed by atoms with E-state index in [1.807, 2.05) is 43.3 Å². The molecule has 0 aromatic heterocycles. The molecule has 23 heavy (non-hydrogen) atoms. The smallest absolute Gasteiger partial charge is 0.203 e. The first-order valence-electron chi connectivity index (χ1n) is 7.28. The molecule has 0 saturated heterocycles. The fourth-order valence-electron chi connectivity index (χ4n) is 2.12. The van der Waals surface area contributed by atoms with Crippen LogP contribution in [0.15, 0.2) is 41.4 Å². The topological polar surface area (TPSA) is 49.3 Å². The van der Waals surface area contributed by atoms with Crippen molar-refractivity contribution in [3.8, 4) is 23.0 Å². The monoisotopic (exact) mass is 315 g/mol. The first kappa shape index (κ1) is 16.7. The minimum absolute atomic E-state index is 0.563. The summed E-state index contributed by atoms with van der Waals surface area (Å²) in [5.74, 6) is 2.59. The molecule has 2 aromatic carbocycles. The average Bonchev–Trinajstić information content (AvgIpc) is 2.60.